The van der Waals surface area contributed by atoms with Gasteiger partial charge in [0.25, 0.3) is 5.91 Å². The molecule has 5 heteroatoms. The number of nitrogens with zero attached hydrogens (tertiary/aromatic N) is 3. The molecule has 0 aromatic carbocycles. The van der Waals surface area contributed by atoms with E-state index in [1.165, 1.54) is 32.1 Å². The van der Waals surface area contributed by atoms with Crippen LogP contribution in [0.3, 0.4) is 0 Å². The summed E-state index contributed by atoms with van der Waals surface area (Å²) >= 11 is 0. The van der Waals surface area contributed by atoms with Gasteiger partial charge in [-0.05, 0) is 43.7 Å². The zero-order chi connectivity index (χ0) is 18.7. The number of piperidine rings is 1. The second-order valence-corrected chi connectivity index (χ2v) is 8.69. The van der Waals surface area contributed by atoms with E-state index in [4.69, 9.17) is 0 Å². The van der Waals surface area contributed by atoms with Crippen molar-refractivity contribution in [1.29, 1.82) is 0 Å². The number of aromatic nitrogens is 1. The second-order valence-electron chi connectivity index (χ2n) is 8.69. The highest BCUT2D eigenvalue weighted by atomic mass is 16.2. The van der Waals surface area contributed by atoms with Crippen LogP contribution in [0.5, 0.6) is 0 Å². The lowest BCUT2D eigenvalue weighted by Gasteiger charge is -2.40. The van der Waals surface area contributed by atoms with Gasteiger partial charge in [0, 0.05) is 38.6 Å². The molecule has 1 aromatic heterocycles. The maximum Gasteiger partial charge on any atom is 0.255 e. The first-order chi connectivity index (χ1) is 13.2. The Morgan fingerprint density at radius 2 is 2.00 bits per heavy atom. The lowest BCUT2D eigenvalue weighted by molar-refractivity contribution is -0.145. The van der Waals surface area contributed by atoms with E-state index in [9.17, 15) is 9.59 Å². The van der Waals surface area contributed by atoms with Crippen molar-refractivity contribution < 1.29 is 9.59 Å². The predicted octanol–water partition coefficient (Wildman–Crippen LogP) is 3.51. The molecule has 146 valence electrons. The van der Waals surface area contributed by atoms with Crippen LogP contribution < -0.4 is 0 Å². The Balaban J connectivity index is 1.37. The summed E-state index contributed by atoms with van der Waals surface area (Å²) in [7, 11) is 0. The molecule has 0 radical (unpaired) electrons. The third-order valence-electron chi connectivity index (χ3n) is 6.91. The highest BCUT2D eigenvalue weighted by Crippen LogP contribution is 2.41. The number of carbonyl (C=O) groups excluding carboxylic acids is 2. The lowest BCUT2D eigenvalue weighted by atomic mass is 9.78. The van der Waals surface area contributed by atoms with Crippen molar-refractivity contribution in [3.05, 3.63) is 30.1 Å². The third-order valence-corrected chi connectivity index (χ3v) is 6.91. The molecule has 2 amide bonds. The molecule has 27 heavy (non-hydrogen) atoms. The maximum atomic E-state index is 13.3. The average molecular weight is 370 g/mol. The molecule has 3 fully saturated rings. The Bertz CT molecular complexity index is 671. The summed E-state index contributed by atoms with van der Waals surface area (Å²) < 4.78 is 0. The van der Waals surface area contributed by atoms with Crippen LogP contribution in [0.25, 0.3) is 0 Å². The molecule has 1 atom stereocenters. The average Bonchev–Trinajstić information content (AvgIpc) is 3.15. The molecule has 3 heterocycles. The first-order valence-electron chi connectivity index (χ1n) is 10.7. The summed E-state index contributed by atoms with van der Waals surface area (Å²) in [4.78, 5) is 34.1. The summed E-state index contributed by atoms with van der Waals surface area (Å²) in [6, 6.07) is 3.59. The number of hydrogen-bond acceptors (Lipinski definition) is 3. The Morgan fingerprint density at radius 1 is 1.15 bits per heavy atom. The fraction of sp³-hybridized carbons (Fsp3) is 0.682. The van der Waals surface area contributed by atoms with Crippen molar-refractivity contribution in [2.24, 2.45) is 11.3 Å². The number of hydrogen-bond donors (Lipinski definition) is 0. The van der Waals surface area contributed by atoms with Crippen LogP contribution in [0.1, 0.15) is 68.1 Å². The van der Waals surface area contributed by atoms with Gasteiger partial charge in [0.1, 0.15) is 0 Å². The van der Waals surface area contributed by atoms with Gasteiger partial charge in [-0.1, -0.05) is 32.1 Å². The van der Waals surface area contributed by atoms with Gasteiger partial charge in [-0.15, -0.1) is 0 Å². The molecule has 2 saturated heterocycles. The van der Waals surface area contributed by atoms with E-state index in [2.05, 4.69) is 9.88 Å². The number of rotatable bonds is 4. The highest BCUT2D eigenvalue weighted by molar-refractivity contribution is 5.95. The van der Waals surface area contributed by atoms with Crippen LogP contribution in [0.2, 0.25) is 0 Å². The van der Waals surface area contributed by atoms with Gasteiger partial charge in [0.2, 0.25) is 5.91 Å². The van der Waals surface area contributed by atoms with Gasteiger partial charge in [-0.25, -0.2) is 0 Å². The standard InChI is InChI=1S/C22H31N3O2/c26-20(19-8-4-12-23-16-19)25-15-11-22(17-25)10-5-13-24(21(22)27)14-9-18-6-2-1-3-7-18/h4,8,12,16,18H,1-3,5-7,9-11,13-15,17H2/t22-/m0/s1. The second kappa shape index (κ2) is 7.99. The minimum atomic E-state index is -0.345. The number of likely N-dealkylation sites (tertiary alicyclic amines) is 2. The van der Waals surface area contributed by atoms with Gasteiger partial charge in [0.05, 0.1) is 11.0 Å². The molecule has 5 nitrogen and oxygen atoms in total. The molecule has 2 aliphatic heterocycles. The number of amides is 2. The molecule has 0 N–H and O–H groups in total. The number of pyridine rings is 1. The molecule has 1 aliphatic carbocycles. The van der Waals surface area contributed by atoms with E-state index in [1.54, 1.807) is 24.5 Å². The Labute approximate surface area is 162 Å². The highest BCUT2D eigenvalue weighted by Gasteiger charge is 2.49. The lowest BCUT2D eigenvalue weighted by Crippen LogP contribution is -2.50. The van der Waals surface area contributed by atoms with Crippen LogP contribution in [-0.4, -0.2) is 52.8 Å². The van der Waals surface area contributed by atoms with Crippen molar-refractivity contribution >= 4 is 11.8 Å². The summed E-state index contributed by atoms with van der Waals surface area (Å²) in [6.07, 6.45) is 14.0. The SMILES string of the molecule is O=C(c1cccnc1)N1CC[C@@]2(CCCN(CCC3CCCCC3)C2=O)C1. The van der Waals surface area contributed by atoms with Crippen molar-refractivity contribution in [1.82, 2.24) is 14.8 Å². The predicted molar refractivity (Wildman–Crippen MR) is 104 cm³/mol. The molecule has 1 aromatic rings. The third kappa shape index (κ3) is 3.87. The van der Waals surface area contributed by atoms with Gasteiger partial charge < -0.3 is 9.80 Å². The Morgan fingerprint density at radius 3 is 2.78 bits per heavy atom. The summed E-state index contributed by atoms with van der Waals surface area (Å²) in [5, 5.41) is 0. The van der Waals surface area contributed by atoms with Gasteiger partial charge in [-0.3, -0.25) is 14.6 Å². The molecule has 4 rings (SSSR count). The Kier molecular flexibility index (Phi) is 5.46. The van der Waals surface area contributed by atoms with E-state index in [0.29, 0.717) is 24.6 Å². The minimum absolute atomic E-state index is 0.00658. The largest absolute Gasteiger partial charge is 0.342 e. The van der Waals surface area contributed by atoms with Crippen LogP contribution in [-0.2, 0) is 4.79 Å². The van der Waals surface area contributed by atoms with Crippen LogP contribution in [0.4, 0.5) is 0 Å². The molecule has 0 unspecified atom stereocenters. The van der Waals surface area contributed by atoms with Crippen LogP contribution in [0.15, 0.2) is 24.5 Å². The van der Waals surface area contributed by atoms with Crippen molar-refractivity contribution in [3.63, 3.8) is 0 Å². The first-order valence-corrected chi connectivity index (χ1v) is 10.7. The van der Waals surface area contributed by atoms with Gasteiger partial charge in [-0.2, -0.15) is 0 Å². The zero-order valence-electron chi connectivity index (χ0n) is 16.2. The minimum Gasteiger partial charge on any atom is -0.342 e. The van der Waals surface area contributed by atoms with Crippen LogP contribution >= 0.6 is 0 Å². The number of carbonyl (C=O) groups is 2. The van der Waals surface area contributed by atoms with Gasteiger partial charge >= 0.3 is 0 Å². The smallest absolute Gasteiger partial charge is 0.255 e. The topological polar surface area (TPSA) is 53.5 Å². The monoisotopic (exact) mass is 369 g/mol. The Hall–Kier alpha value is -1.91. The summed E-state index contributed by atoms with van der Waals surface area (Å²) in [6.45, 7) is 3.04. The molecule has 3 aliphatic rings. The fourth-order valence-corrected chi connectivity index (χ4v) is 5.28. The van der Waals surface area contributed by atoms with E-state index in [-0.39, 0.29) is 11.3 Å². The molecule has 0 bridgehead atoms. The van der Waals surface area contributed by atoms with Crippen molar-refractivity contribution in [2.45, 2.75) is 57.8 Å². The molecular formula is C22H31N3O2. The zero-order valence-corrected chi connectivity index (χ0v) is 16.2. The van der Waals surface area contributed by atoms with E-state index >= 15 is 0 Å². The molecule has 1 saturated carbocycles. The van der Waals surface area contributed by atoms with Crippen LogP contribution in [0, 0.1) is 11.3 Å². The molecule has 1 spiro atoms. The van der Waals surface area contributed by atoms with Crippen molar-refractivity contribution in [2.75, 3.05) is 26.2 Å². The first kappa shape index (κ1) is 18.5. The summed E-state index contributed by atoms with van der Waals surface area (Å²) in [5.41, 5.74) is 0.273. The quantitative estimate of drug-likeness (QED) is 0.816. The van der Waals surface area contributed by atoms with Gasteiger partial charge in [0.15, 0.2) is 0 Å². The normalized spacial score (nSPS) is 26.7. The summed E-state index contributed by atoms with van der Waals surface area (Å²) in [5.74, 6) is 1.11. The maximum absolute atomic E-state index is 13.3. The van der Waals surface area contributed by atoms with E-state index < -0.39 is 0 Å². The van der Waals surface area contributed by atoms with E-state index in [0.717, 1.165) is 44.7 Å². The van der Waals surface area contributed by atoms with Crippen molar-refractivity contribution in [3.8, 4) is 0 Å². The fourth-order valence-electron chi connectivity index (χ4n) is 5.28. The van der Waals surface area contributed by atoms with E-state index in [1.807, 2.05) is 4.90 Å². The molecular weight excluding hydrogens is 338 g/mol.